The first-order valence-corrected chi connectivity index (χ1v) is 7.47. The molecule has 0 saturated carbocycles. The van der Waals surface area contributed by atoms with Crippen LogP contribution in [-0.4, -0.2) is 34.3 Å². The van der Waals surface area contributed by atoms with Crippen LogP contribution < -0.4 is 0 Å². The van der Waals surface area contributed by atoms with Gasteiger partial charge in [-0.1, -0.05) is 35.5 Å². The van der Waals surface area contributed by atoms with Crippen molar-refractivity contribution in [1.29, 1.82) is 0 Å². The van der Waals surface area contributed by atoms with Crippen molar-refractivity contribution in [3.8, 4) is 0 Å². The van der Waals surface area contributed by atoms with Crippen LogP contribution in [0.2, 0.25) is 0 Å². The highest BCUT2D eigenvalue weighted by atomic mass is 16.5. The Hall–Kier alpha value is -2.43. The number of Topliss-reactive ketones (excluding diaryl/α,β-unsaturated/α-hetero) is 1. The van der Waals surface area contributed by atoms with E-state index in [0.717, 1.165) is 12.8 Å². The summed E-state index contributed by atoms with van der Waals surface area (Å²) in [6.07, 6.45) is 2.10. The number of likely N-dealkylation sites (tertiary alicyclic amines) is 1. The van der Waals surface area contributed by atoms with Crippen LogP contribution in [0.3, 0.4) is 0 Å². The third kappa shape index (κ3) is 2.93. The van der Waals surface area contributed by atoms with E-state index in [1.807, 2.05) is 30.3 Å². The Labute approximate surface area is 128 Å². The van der Waals surface area contributed by atoms with Crippen molar-refractivity contribution >= 4 is 11.7 Å². The Morgan fingerprint density at radius 1 is 1.32 bits per heavy atom. The molecule has 1 aliphatic heterocycles. The number of carbonyl (C=O) groups excluding carboxylic acids is 2. The summed E-state index contributed by atoms with van der Waals surface area (Å²) in [6, 6.07) is 10.8. The Morgan fingerprint density at radius 3 is 2.77 bits per heavy atom. The second-order valence-corrected chi connectivity index (χ2v) is 5.62. The molecule has 0 radical (unpaired) electrons. The van der Waals surface area contributed by atoms with Crippen LogP contribution >= 0.6 is 0 Å². The molecule has 1 atom stereocenters. The first-order chi connectivity index (χ1) is 10.6. The van der Waals surface area contributed by atoms with Gasteiger partial charge in [-0.3, -0.25) is 9.59 Å². The number of benzene rings is 1. The second-order valence-electron chi connectivity index (χ2n) is 5.62. The Morgan fingerprint density at radius 2 is 2.09 bits per heavy atom. The van der Waals surface area contributed by atoms with Gasteiger partial charge in [-0.25, -0.2) is 0 Å². The maximum Gasteiger partial charge on any atom is 0.292 e. The summed E-state index contributed by atoms with van der Waals surface area (Å²) in [5.74, 6) is 0.138. The second kappa shape index (κ2) is 6.13. The van der Waals surface area contributed by atoms with E-state index in [4.69, 9.17) is 4.52 Å². The van der Waals surface area contributed by atoms with Crippen LogP contribution in [-0.2, 0) is 0 Å². The first-order valence-electron chi connectivity index (χ1n) is 7.47. The predicted octanol–water partition coefficient (Wildman–Crippen LogP) is 2.86. The summed E-state index contributed by atoms with van der Waals surface area (Å²) >= 11 is 0. The fourth-order valence-corrected chi connectivity index (χ4v) is 2.88. The van der Waals surface area contributed by atoms with Gasteiger partial charge in [-0.15, -0.1) is 0 Å². The van der Waals surface area contributed by atoms with Gasteiger partial charge in [0.05, 0.1) is 5.69 Å². The highest BCUT2D eigenvalue weighted by molar-refractivity contribution is 5.97. The molecule has 0 N–H and O–H groups in total. The highest BCUT2D eigenvalue weighted by Gasteiger charge is 2.32. The van der Waals surface area contributed by atoms with Gasteiger partial charge in [-0.2, -0.15) is 0 Å². The summed E-state index contributed by atoms with van der Waals surface area (Å²) < 4.78 is 5.05. The maximum absolute atomic E-state index is 12.5. The zero-order valence-electron chi connectivity index (χ0n) is 12.5. The molecule has 0 bridgehead atoms. The minimum Gasteiger partial charge on any atom is -0.351 e. The van der Waals surface area contributed by atoms with Gasteiger partial charge < -0.3 is 9.42 Å². The normalized spacial score (nSPS) is 17.7. The molecule has 1 amide bonds. The van der Waals surface area contributed by atoms with E-state index in [9.17, 15) is 9.59 Å². The van der Waals surface area contributed by atoms with Crippen LogP contribution in [0.4, 0.5) is 0 Å². The molecule has 1 aromatic carbocycles. The molecule has 2 heterocycles. The molecule has 1 aromatic heterocycles. The first kappa shape index (κ1) is 14.5. The zero-order chi connectivity index (χ0) is 15.5. The van der Waals surface area contributed by atoms with Crippen molar-refractivity contribution in [3.63, 3.8) is 0 Å². The Balaban J connectivity index is 1.71. The molecule has 1 fully saturated rings. The van der Waals surface area contributed by atoms with Crippen molar-refractivity contribution < 1.29 is 14.1 Å². The lowest BCUT2D eigenvalue weighted by atomic mass is 10.0. The minimum absolute atomic E-state index is 0.0642. The van der Waals surface area contributed by atoms with Crippen LogP contribution in [0.15, 0.2) is 40.9 Å². The Bertz CT molecular complexity index is 678. The van der Waals surface area contributed by atoms with Crippen molar-refractivity contribution in [3.05, 3.63) is 53.4 Å². The van der Waals surface area contributed by atoms with Gasteiger partial charge in [0.15, 0.2) is 5.78 Å². The molecular weight excluding hydrogens is 280 g/mol. The zero-order valence-corrected chi connectivity index (χ0v) is 12.5. The van der Waals surface area contributed by atoms with E-state index in [2.05, 4.69) is 5.16 Å². The van der Waals surface area contributed by atoms with Crippen LogP contribution in [0.1, 0.15) is 45.9 Å². The SMILES string of the molecule is Cc1cc(C(=O)N2CCC[C@H]2CC(=O)c2ccccc2)on1. The molecule has 0 aliphatic carbocycles. The van der Waals surface area contributed by atoms with E-state index < -0.39 is 0 Å². The number of ketones is 1. The predicted molar refractivity (Wildman–Crippen MR) is 80.7 cm³/mol. The lowest BCUT2D eigenvalue weighted by Crippen LogP contribution is -2.36. The summed E-state index contributed by atoms with van der Waals surface area (Å²) in [6.45, 7) is 2.44. The summed E-state index contributed by atoms with van der Waals surface area (Å²) in [7, 11) is 0. The summed E-state index contributed by atoms with van der Waals surface area (Å²) in [5, 5.41) is 3.75. The smallest absolute Gasteiger partial charge is 0.292 e. The number of hydrogen-bond acceptors (Lipinski definition) is 4. The largest absolute Gasteiger partial charge is 0.351 e. The standard InChI is InChI=1S/C17H18N2O3/c1-12-10-16(22-18-12)17(21)19-9-5-8-14(19)11-15(20)13-6-3-2-4-7-13/h2-4,6-7,10,14H,5,8-9,11H2,1H3/t14-/m0/s1. The number of nitrogens with zero attached hydrogens (tertiary/aromatic N) is 2. The van der Waals surface area contributed by atoms with E-state index >= 15 is 0 Å². The molecule has 114 valence electrons. The quantitative estimate of drug-likeness (QED) is 0.814. The number of aromatic nitrogens is 1. The summed E-state index contributed by atoms with van der Waals surface area (Å²) in [5.41, 5.74) is 1.37. The molecule has 5 heteroatoms. The van der Waals surface area contributed by atoms with Gasteiger partial charge in [0.1, 0.15) is 0 Å². The number of hydrogen-bond donors (Lipinski definition) is 0. The van der Waals surface area contributed by atoms with E-state index in [0.29, 0.717) is 24.2 Å². The van der Waals surface area contributed by atoms with E-state index in [1.54, 1.807) is 17.9 Å². The molecule has 22 heavy (non-hydrogen) atoms. The Kier molecular flexibility index (Phi) is 4.04. The van der Waals surface area contributed by atoms with Crippen molar-refractivity contribution in [2.24, 2.45) is 0 Å². The van der Waals surface area contributed by atoms with Gasteiger partial charge in [0.2, 0.25) is 5.76 Å². The van der Waals surface area contributed by atoms with Gasteiger partial charge in [0.25, 0.3) is 5.91 Å². The van der Waals surface area contributed by atoms with E-state index in [-0.39, 0.29) is 23.5 Å². The van der Waals surface area contributed by atoms with Gasteiger partial charge >= 0.3 is 0 Å². The fraction of sp³-hybridized carbons (Fsp3) is 0.353. The number of carbonyl (C=O) groups is 2. The summed E-state index contributed by atoms with van der Waals surface area (Å²) in [4.78, 5) is 26.5. The number of rotatable bonds is 4. The van der Waals surface area contributed by atoms with Crippen molar-refractivity contribution in [2.45, 2.75) is 32.2 Å². The molecule has 2 aromatic rings. The van der Waals surface area contributed by atoms with Crippen molar-refractivity contribution in [1.82, 2.24) is 10.1 Å². The van der Waals surface area contributed by atoms with Gasteiger partial charge in [0, 0.05) is 30.6 Å². The average molecular weight is 298 g/mol. The average Bonchev–Trinajstić information content (AvgIpc) is 3.16. The maximum atomic E-state index is 12.5. The molecule has 0 unspecified atom stereocenters. The van der Waals surface area contributed by atoms with E-state index in [1.165, 1.54) is 0 Å². The lowest BCUT2D eigenvalue weighted by Gasteiger charge is -2.23. The van der Waals surface area contributed by atoms with Crippen LogP contribution in [0.5, 0.6) is 0 Å². The highest BCUT2D eigenvalue weighted by Crippen LogP contribution is 2.24. The topological polar surface area (TPSA) is 63.4 Å². The molecule has 1 saturated heterocycles. The lowest BCUT2D eigenvalue weighted by molar-refractivity contribution is 0.0677. The molecule has 5 nitrogen and oxygen atoms in total. The fourth-order valence-electron chi connectivity index (χ4n) is 2.88. The van der Waals surface area contributed by atoms with Gasteiger partial charge in [-0.05, 0) is 19.8 Å². The molecule has 1 aliphatic rings. The molecular formula is C17H18N2O3. The third-order valence-electron chi connectivity index (χ3n) is 3.99. The third-order valence-corrected chi connectivity index (χ3v) is 3.99. The molecule has 3 rings (SSSR count). The number of amides is 1. The van der Waals surface area contributed by atoms with Crippen LogP contribution in [0, 0.1) is 6.92 Å². The molecule has 0 spiro atoms. The van der Waals surface area contributed by atoms with Crippen LogP contribution in [0.25, 0.3) is 0 Å². The van der Waals surface area contributed by atoms with Crippen molar-refractivity contribution in [2.75, 3.05) is 6.54 Å². The minimum atomic E-state index is -0.177. The number of aryl methyl sites for hydroxylation is 1. The monoisotopic (exact) mass is 298 g/mol.